The smallest absolute Gasteiger partial charge is 0.305 e. The summed E-state index contributed by atoms with van der Waals surface area (Å²) in [4.78, 5) is 35.2. The second-order valence-corrected chi connectivity index (χ2v) is 9.91. The van der Waals surface area contributed by atoms with Gasteiger partial charge in [-0.05, 0) is 38.2 Å². The molecule has 0 aromatic rings. The van der Waals surface area contributed by atoms with E-state index in [1.165, 1.54) is 25.7 Å². The van der Waals surface area contributed by atoms with Crippen molar-refractivity contribution in [3.05, 3.63) is 24.3 Å². The molecule has 0 saturated carbocycles. The molecule has 214 valence electrons. The number of ether oxygens (including phenoxy) is 2. The average molecular weight is 523 g/mol. The predicted octanol–water partition coefficient (Wildman–Crippen LogP) is 7.57. The van der Waals surface area contributed by atoms with Gasteiger partial charge in [-0.1, -0.05) is 103 Å². The third-order valence-corrected chi connectivity index (χ3v) is 6.17. The van der Waals surface area contributed by atoms with Crippen molar-refractivity contribution >= 4 is 17.7 Å². The van der Waals surface area contributed by atoms with E-state index in [0.29, 0.717) is 19.3 Å². The monoisotopic (exact) mass is 522 g/mol. The summed E-state index contributed by atoms with van der Waals surface area (Å²) in [5, 5.41) is 9.88. The van der Waals surface area contributed by atoms with Crippen LogP contribution in [0.25, 0.3) is 0 Å². The Bertz CT molecular complexity index is 625. The van der Waals surface area contributed by atoms with Gasteiger partial charge >= 0.3 is 11.9 Å². The van der Waals surface area contributed by atoms with Crippen LogP contribution in [0.5, 0.6) is 0 Å². The van der Waals surface area contributed by atoms with Crippen LogP contribution < -0.4 is 0 Å². The molecule has 0 saturated heterocycles. The van der Waals surface area contributed by atoms with E-state index in [-0.39, 0.29) is 30.9 Å². The maximum atomic E-state index is 11.8. The molecule has 6 heteroatoms. The van der Waals surface area contributed by atoms with Gasteiger partial charge in [-0.3, -0.25) is 14.4 Å². The van der Waals surface area contributed by atoms with Crippen LogP contribution in [0.3, 0.4) is 0 Å². The predicted molar refractivity (Wildman–Crippen MR) is 150 cm³/mol. The second kappa shape index (κ2) is 27.1. The highest BCUT2D eigenvalue weighted by Gasteiger charge is 2.12. The van der Waals surface area contributed by atoms with Gasteiger partial charge in [0.2, 0.25) is 0 Å². The lowest BCUT2D eigenvalue weighted by Gasteiger charge is -2.12. The highest BCUT2D eigenvalue weighted by Crippen LogP contribution is 2.10. The first-order valence-corrected chi connectivity index (χ1v) is 14.8. The topological polar surface area (TPSA) is 89.9 Å². The molecule has 1 atom stereocenters. The van der Waals surface area contributed by atoms with Crippen molar-refractivity contribution in [2.45, 2.75) is 142 Å². The Labute approximate surface area is 226 Å². The molecule has 6 nitrogen and oxygen atoms in total. The first-order valence-electron chi connectivity index (χ1n) is 14.8. The molecule has 0 spiro atoms. The normalized spacial score (nSPS) is 12.3. The van der Waals surface area contributed by atoms with Crippen LogP contribution in [0.15, 0.2) is 24.3 Å². The molecule has 0 rings (SSSR count). The molecule has 0 fully saturated rings. The van der Waals surface area contributed by atoms with E-state index in [4.69, 9.17) is 9.47 Å². The summed E-state index contributed by atoms with van der Waals surface area (Å²) in [5.41, 5.74) is 0. The van der Waals surface area contributed by atoms with Gasteiger partial charge < -0.3 is 14.6 Å². The maximum Gasteiger partial charge on any atom is 0.305 e. The van der Waals surface area contributed by atoms with Gasteiger partial charge in [0.15, 0.2) is 5.78 Å². The largest absolute Gasteiger partial charge is 0.463 e. The molecule has 0 radical (unpaired) electrons. The zero-order valence-electron chi connectivity index (χ0n) is 23.7. The summed E-state index contributed by atoms with van der Waals surface area (Å²) in [7, 11) is 0. The molecule has 0 amide bonds. The molecule has 37 heavy (non-hydrogen) atoms. The fourth-order valence-corrected chi connectivity index (χ4v) is 3.83. The first kappa shape index (κ1) is 35.0. The quantitative estimate of drug-likeness (QED) is 0.0545. The molecule has 0 unspecified atom stereocenters. The highest BCUT2D eigenvalue weighted by molar-refractivity contribution is 5.89. The molecule has 0 aliphatic rings. The molecule has 0 aliphatic heterocycles. The Morgan fingerprint density at radius 1 is 0.622 bits per heavy atom. The van der Waals surface area contributed by atoms with Crippen molar-refractivity contribution in [2.24, 2.45) is 0 Å². The molecule has 0 bridgehead atoms. The number of aliphatic hydroxyl groups excluding tert-OH is 1. The number of unbranched alkanes of at least 4 members (excludes halogenated alkanes) is 13. The Kier molecular flexibility index (Phi) is 25.7. The van der Waals surface area contributed by atoms with Crippen LogP contribution in [0.1, 0.15) is 136 Å². The first-order chi connectivity index (χ1) is 18.0. The van der Waals surface area contributed by atoms with Gasteiger partial charge in [0, 0.05) is 19.3 Å². The van der Waals surface area contributed by atoms with E-state index in [1.54, 1.807) is 6.08 Å². The van der Waals surface area contributed by atoms with Gasteiger partial charge in [-0.25, -0.2) is 0 Å². The van der Waals surface area contributed by atoms with Crippen molar-refractivity contribution in [3.8, 4) is 0 Å². The number of aliphatic hydroxyl groups is 1. The van der Waals surface area contributed by atoms with Crippen LogP contribution in [0.2, 0.25) is 0 Å². The molecule has 0 aromatic heterocycles. The van der Waals surface area contributed by atoms with Crippen molar-refractivity contribution < 1.29 is 29.0 Å². The lowest BCUT2D eigenvalue weighted by Crippen LogP contribution is -2.25. The Morgan fingerprint density at radius 2 is 1.08 bits per heavy atom. The zero-order chi connectivity index (χ0) is 27.4. The Morgan fingerprint density at radius 3 is 1.65 bits per heavy atom. The van der Waals surface area contributed by atoms with E-state index in [1.807, 2.05) is 12.2 Å². The van der Waals surface area contributed by atoms with Crippen molar-refractivity contribution in [2.75, 3.05) is 13.2 Å². The number of rotatable bonds is 26. The average Bonchev–Trinajstić information content (AvgIpc) is 2.89. The molecule has 0 heterocycles. The number of carbonyl (C=O) groups excluding carboxylic acids is 3. The zero-order valence-corrected chi connectivity index (χ0v) is 23.7. The number of allylic oxidation sites excluding steroid dienone is 4. The summed E-state index contributed by atoms with van der Waals surface area (Å²) >= 11 is 0. The minimum absolute atomic E-state index is 0.137. The van der Waals surface area contributed by atoms with Crippen LogP contribution in [0.4, 0.5) is 0 Å². The second-order valence-electron chi connectivity index (χ2n) is 9.91. The number of hydrogen-bond donors (Lipinski definition) is 1. The maximum absolute atomic E-state index is 11.8. The van der Waals surface area contributed by atoms with E-state index in [2.05, 4.69) is 19.9 Å². The van der Waals surface area contributed by atoms with Gasteiger partial charge in [0.05, 0.1) is 0 Å². The SMILES string of the molecule is CCCCCCCCCC(=O)OC[C@H](O)COC(=O)CCCCCCC/C=C\C=C\C(=O)CCCCC. The molecule has 1 N–H and O–H groups in total. The number of ketones is 1. The number of hydrogen-bond acceptors (Lipinski definition) is 6. The summed E-state index contributed by atoms with van der Waals surface area (Å²) in [6.45, 7) is 4.04. The van der Waals surface area contributed by atoms with Crippen LogP contribution in [-0.4, -0.2) is 42.1 Å². The van der Waals surface area contributed by atoms with Gasteiger partial charge in [0.25, 0.3) is 0 Å². The van der Waals surface area contributed by atoms with E-state index >= 15 is 0 Å². The standard InChI is InChI=1S/C31H54O6/c1-3-5-7-8-12-16-20-24-30(34)36-26-29(33)27-37-31(35)25-21-17-14-11-9-10-13-15-19-23-28(32)22-18-6-4-2/h13,15,19,23,29,33H,3-12,14,16-18,20-22,24-27H2,1-2H3/b15-13-,23-19+/t29-/m0/s1. The van der Waals surface area contributed by atoms with E-state index in [0.717, 1.165) is 77.0 Å². The van der Waals surface area contributed by atoms with Gasteiger partial charge in [-0.15, -0.1) is 0 Å². The molecular formula is C31H54O6. The van der Waals surface area contributed by atoms with E-state index in [9.17, 15) is 19.5 Å². The minimum atomic E-state index is -0.982. The fraction of sp³-hybridized carbons (Fsp3) is 0.774. The lowest BCUT2D eigenvalue weighted by molar-refractivity contribution is -0.152. The molecular weight excluding hydrogens is 468 g/mol. The molecule has 0 aliphatic carbocycles. The van der Waals surface area contributed by atoms with Gasteiger partial charge in [-0.2, -0.15) is 0 Å². The summed E-state index contributed by atoms with van der Waals surface area (Å²) < 4.78 is 10.2. The summed E-state index contributed by atoms with van der Waals surface area (Å²) in [6.07, 6.45) is 25.0. The summed E-state index contributed by atoms with van der Waals surface area (Å²) in [5.74, 6) is -0.435. The Balaban J connectivity index is 3.56. The van der Waals surface area contributed by atoms with Crippen molar-refractivity contribution in [1.29, 1.82) is 0 Å². The summed E-state index contributed by atoms with van der Waals surface area (Å²) in [6, 6.07) is 0. The van der Waals surface area contributed by atoms with Crippen LogP contribution in [-0.2, 0) is 23.9 Å². The number of esters is 2. The highest BCUT2D eigenvalue weighted by atomic mass is 16.6. The third-order valence-electron chi connectivity index (χ3n) is 6.17. The lowest BCUT2D eigenvalue weighted by atomic mass is 10.1. The molecule has 0 aromatic carbocycles. The van der Waals surface area contributed by atoms with Gasteiger partial charge in [0.1, 0.15) is 19.3 Å². The van der Waals surface area contributed by atoms with Crippen molar-refractivity contribution in [3.63, 3.8) is 0 Å². The third kappa shape index (κ3) is 26.9. The minimum Gasteiger partial charge on any atom is -0.463 e. The number of carbonyl (C=O) groups is 3. The van der Waals surface area contributed by atoms with Crippen LogP contribution >= 0.6 is 0 Å². The Hall–Kier alpha value is -1.95. The van der Waals surface area contributed by atoms with E-state index < -0.39 is 6.10 Å². The van der Waals surface area contributed by atoms with Crippen LogP contribution in [0, 0.1) is 0 Å². The van der Waals surface area contributed by atoms with Crippen molar-refractivity contribution in [1.82, 2.24) is 0 Å². The fourth-order valence-electron chi connectivity index (χ4n) is 3.83.